The first kappa shape index (κ1) is 21.3. The van der Waals surface area contributed by atoms with Gasteiger partial charge in [-0.25, -0.2) is 9.59 Å². The van der Waals surface area contributed by atoms with Crippen LogP contribution in [-0.4, -0.2) is 53.0 Å². The van der Waals surface area contributed by atoms with Crippen molar-refractivity contribution < 1.29 is 39.2 Å². The van der Waals surface area contributed by atoms with Crippen molar-refractivity contribution in [1.82, 2.24) is 4.48 Å². The summed E-state index contributed by atoms with van der Waals surface area (Å²) in [5.74, 6) is -2.58. The van der Waals surface area contributed by atoms with Crippen molar-refractivity contribution in [3.8, 4) is 11.5 Å². The number of rotatable bonds is 6. The van der Waals surface area contributed by atoms with E-state index in [0.29, 0.717) is 23.3 Å². The van der Waals surface area contributed by atoms with Gasteiger partial charge in [-0.3, -0.25) is 5.32 Å². The summed E-state index contributed by atoms with van der Waals surface area (Å²) in [5, 5.41) is 35.0. The maximum atomic E-state index is 13.2. The van der Waals surface area contributed by atoms with Gasteiger partial charge in [0, 0.05) is 6.07 Å². The molecular weight excluding hydrogens is 420 g/mol. The zero-order valence-corrected chi connectivity index (χ0v) is 17.0. The molecule has 3 atom stereocenters. The molecule has 0 saturated carbocycles. The van der Waals surface area contributed by atoms with Crippen molar-refractivity contribution in [2.24, 2.45) is 0 Å². The largest absolute Gasteiger partial charge is 0.540 e. The number of quaternary nitrogens is 1. The molecule has 0 fully saturated rings. The van der Waals surface area contributed by atoms with Gasteiger partial charge in [0.05, 0.1) is 6.08 Å². The Kier molecular flexibility index (Phi) is 5.11. The summed E-state index contributed by atoms with van der Waals surface area (Å²) >= 11 is 0. The highest BCUT2D eigenvalue weighted by Crippen LogP contribution is 2.44. The van der Waals surface area contributed by atoms with Crippen LogP contribution in [0.25, 0.3) is 0 Å². The van der Waals surface area contributed by atoms with E-state index >= 15 is 0 Å². The SMILES string of the molecule is CC1(C(O)C[N+]2(/C(=C\C(=O)O)C(=O)[O-])C(=O)Nc3ccccc32)COc2ccccc2O1. The number of carboxylic acid groups (broad SMARTS) is 2. The summed E-state index contributed by atoms with van der Waals surface area (Å²) in [5.41, 5.74) is -1.75. The Hall–Kier alpha value is -3.89. The first-order chi connectivity index (χ1) is 15.2. The standard InChI is InChI=1S/C22H20N2O8/c1-22(12-31-16-8-4-5-9-17(16)32-22)18(25)11-24(15(20(28)29)10-19(26)27)14-7-3-2-6-13(14)23-21(24)30/h2-10,18,25H,11-12H2,1H3,(H2-,23,26,27,28,29,30)/b15-10-. The molecule has 0 aliphatic carbocycles. The average Bonchev–Trinajstić information content (AvgIpc) is 3.03. The highest BCUT2D eigenvalue weighted by molar-refractivity contribution is 6.14. The van der Waals surface area contributed by atoms with Gasteiger partial charge in [-0.1, -0.05) is 24.3 Å². The van der Waals surface area contributed by atoms with E-state index in [1.807, 2.05) is 0 Å². The zero-order chi connectivity index (χ0) is 23.1. The lowest BCUT2D eigenvalue weighted by Crippen LogP contribution is -2.64. The Balaban J connectivity index is 1.80. The number of hydrogen-bond donors (Lipinski definition) is 3. The average molecular weight is 440 g/mol. The van der Waals surface area contributed by atoms with E-state index in [2.05, 4.69) is 5.32 Å². The van der Waals surface area contributed by atoms with E-state index in [0.717, 1.165) is 0 Å². The minimum absolute atomic E-state index is 0.0856. The predicted octanol–water partition coefficient (Wildman–Crippen LogP) is 0.849. The normalized spacial score (nSPS) is 24.9. The molecule has 2 aliphatic heterocycles. The van der Waals surface area contributed by atoms with Gasteiger partial charge in [0.1, 0.15) is 30.9 Å². The summed E-state index contributed by atoms with van der Waals surface area (Å²) < 4.78 is 10.5. The number of carbonyl (C=O) groups is 3. The molecule has 0 saturated heterocycles. The lowest BCUT2D eigenvalue weighted by molar-refractivity contribution is -0.300. The lowest BCUT2D eigenvalue weighted by atomic mass is 9.96. The molecule has 4 rings (SSSR count). The predicted molar refractivity (Wildman–Crippen MR) is 110 cm³/mol. The number of benzene rings is 2. The number of nitrogens with one attached hydrogen (secondary N) is 1. The minimum atomic E-state index is -1.86. The number of fused-ring (bicyclic) bond motifs is 2. The van der Waals surface area contributed by atoms with Crippen LogP contribution in [0.1, 0.15) is 6.92 Å². The van der Waals surface area contributed by atoms with Crippen LogP contribution in [0.2, 0.25) is 0 Å². The number of carbonyl (C=O) groups excluding carboxylic acids is 2. The van der Waals surface area contributed by atoms with Crippen LogP contribution in [0, 0.1) is 0 Å². The molecule has 0 aromatic heterocycles. The van der Waals surface area contributed by atoms with Gasteiger partial charge >= 0.3 is 12.0 Å². The molecule has 0 radical (unpaired) electrons. The van der Waals surface area contributed by atoms with Crippen LogP contribution in [-0.2, 0) is 9.59 Å². The highest BCUT2D eigenvalue weighted by Gasteiger charge is 2.56. The van der Waals surface area contributed by atoms with Gasteiger partial charge in [0.2, 0.25) is 0 Å². The van der Waals surface area contributed by atoms with Gasteiger partial charge in [-0.2, -0.15) is 4.48 Å². The van der Waals surface area contributed by atoms with Crippen molar-refractivity contribution in [2.75, 3.05) is 18.5 Å². The molecule has 0 bridgehead atoms. The number of carboxylic acids is 2. The van der Waals surface area contributed by atoms with Crippen LogP contribution in [0.4, 0.5) is 16.2 Å². The molecule has 3 N–H and O–H groups in total. The van der Waals surface area contributed by atoms with Crippen LogP contribution < -0.4 is 24.4 Å². The quantitative estimate of drug-likeness (QED) is 0.443. The number of para-hydroxylation sites is 4. The number of aliphatic carboxylic acids is 2. The number of hydrogen-bond acceptors (Lipinski definition) is 7. The number of ether oxygens (including phenoxy) is 2. The van der Waals surface area contributed by atoms with Gasteiger partial charge in [0.15, 0.2) is 28.5 Å². The van der Waals surface area contributed by atoms with E-state index in [1.54, 1.807) is 49.4 Å². The van der Waals surface area contributed by atoms with Gasteiger partial charge in [-0.15, -0.1) is 0 Å². The molecule has 166 valence electrons. The summed E-state index contributed by atoms with van der Waals surface area (Å²) in [7, 11) is 0. The minimum Gasteiger partial charge on any atom is -0.540 e. The molecule has 2 aromatic carbocycles. The molecular formula is C22H20N2O8. The summed E-state index contributed by atoms with van der Waals surface area (Å²) in [6.07, 6.45) is -1.05. The fourth-order valence-corrected chi connectivity index (χ4v) is 3.97. The van der Waals surface area contributed by atoms with Crippen molar-refractivity contribution >= 4 is 29.3 Å². The lowest BCUT2D eigenvalue weighted by Gasteiger charge is -2.41. The first-order valence-electron chi connectivity index (χ1n) is 9.72. The summed E-state index contributed by atoms with van der Waals surface area (Å²) in [6.45, 7) is 0.930. The van der Waals surface area contributed by atoms with Crippen molar-refractivity contribution in [2.45, 2.75) is 18.6 Å². The van der Waals surface area contributed by atoms with Gasteiger partial charge in [0.25, 0.3) is 0 Å². The number of aliphatic hydroxyl groups excluding tert-OH is 1. The van der Waals surface area contributed by atoms with Gasteiger partial charge in [-0.05, 0) is 25.1 Å². The van der Waals surface area contributed by atoms with Crippen molar-refractivity contribution in [3.63, 3.8) is 0 Å². The zero-order valence-electron chi connectivity index (χ0n) is 17.0. The Morgan fingerprint density at radius 1 is 1.22 bits per heavy atom. The third-order valence-corrected chi connectivity index (χ3v) is 5.64. The Morgan fingerprint density at radius 3 is 2.56 bits per heavy atom. The third-order valence-electron chi connectivity index (χ3n) is 5.64. The highest BCUT2D eigenvalue weighted by atomic mass is 16.6. The molecule has 0 spiro atoms. The number of anilines is 1. The maximum absolute atomic E-state index is 13.2. The molecule has 2 heterocycles. The number of nitrogens with zero attached hydrogens (tertiary/aromatic N) is 1. The second-order valence-electron chi connectivity index (χ2n) is 7.76. The Bertz CT molecular complexity index is 1150. The molecule has 2 aliphatic rings. The number of aliphatic hydroxyl groups is 1. The smallest absolute Gasteiger partial charge is 0.431 e. The van der Waals surface area contributed by atoms with E-state index in [-0.39, 0.29) is 12.3 Å². The van der Waals surface area contributed by atoms with Gasteiger partial charge < -0.3 is 29.6 Å². The van der Waals surface area contributed by atoms with E-state index in [4.69, 9.17) is 9.47 Å². The molecule has 3 unspecified atom stereocenters. The number of urea groups is 1. The van der Waals surface area contributed by atoms with Crippen molar-refractivity contribution in [1.29, 1.82) is 0 Å². The van der Waals surface area contributed by atoms with Crippen molar-refractivity contribution in [3.05, 3.63) is 60.3 Å². The van der Waals surface area contributed by atoms with E-state index in [9.17, 15) is 29.7 Å². The molecule has 2 aromatic rings. The van der Waals surface area contributed by atoms with E-state index < -0.39 is 46.4 Å². The molecule has 2 amide bonds. The fraction of sp³-hybridized carbons (Fsp3) is 0.227. The number of amides is 2. The first-order valence-corrected chi connectivity index (χ1v) is 9.72. The maximum Gasteiger partial charge on any atom is 0.431 e. The van der Waals surface area contributed by atoms with Crippen LogP contribution >= 0.6 is 0 Å². The van der Waals surface area contributed by atoms with Crippen LogP contribution in [0.15, 0.2) is 60.3 Å². The topological polar surface area (TPSA) is 145 Å². The third kappa shape index (κ3) is 3.35. The van der Waals surface area contributed by atoms with Crippen LogP contribution in [0.3, 0.4) is 0 Å². The molecule has 10 heteroatoms. The Morgan fingerprint density at radius 2 is 1.88 bits per heavy atom. The monoisotopic (exact) mass is 440 g/mol. The molecule has 32 heavy (non-hydrogen) atoms. The molecule has 10 nitrogen and oxygen atoms in total. The fourth-order valence-electron chi connectivity index (χ4n) is 3.97. The van der Waals surface area contributed by atoms with Crippen LogP contribution in [0.5, 0.6) is 11.5 Å². The summed E-state index contributed by atoms with van der Waals surface area (Å²) in [6, 6.07) is 12.2. The Labute approximate surface area is 182 Å². The second kappa shape index (κ2) is 7.66. The second-order valence-corrected chi connectivity index (χ2v) is 7.76. The van der Waals surface area contributed by atoms with E-state index in [1.165, 1.54) is 6.07 Å². The summed E-state index contributed by atoms with van der Waals surface area (Å²) in [4.78, 5) is 36.6.